The largest absolute Gasteiger partial charge is 0.507 e. The minimum Gasteiger partial charge on any atom is -0.507 e. The molecule has 11 N–H and O–H groups in total. The number of urea groups is 1. The molecule has 0 fully saturated rings. The number of aromatic nitrogens is 2. The van der Waals surface area contributed by atoms with Crippen LogP contribution in [0.25, 0.3) is 33.5 Å². The number of amidine groups is 1. The quantitative estimate of drug-likeness (QED) is 0.0743. The minimum absolute atomic E-state index is 0.0937. The molecule has 12 heteroatoms. The maximum Gasteiger partial charge on any atom is 0.312 e. The smallest absolute Gasteiger partial charge is 0.312 e. The number of fused-ring (bicyclic) bond motifs is 1. The Balaban J connectivity index is 1.88. The molecule has 220 valence electrons. The van der Waals surface area contributed by atoms with Gasteiger partial charge in [0.05, 0.1) is 22.0 Å². The number of carbonyl (C=O) groups excluding carboxylic acids is 2. The number of amides is 3. The summed E-state index contributed by atoms with van der Waals surface area (Å²) in [5, 5.41) is 38.8. The van der Waals surface area contributed by atoms with Crippen molar-refractivity contribution >= 4 is 28.8 Å². The van der Waals surface area contributed by atoms with Crippen molar-refractivity contribution in [2.45, 2.75) is 32.2 Å². The monoisotopic (exact) mass is 572 g/mol. The third kappa shape index (κ3) is 6.28. The number of carbonyl (C=O) groups is 2. The molecule has 0 saturated heterocycles. The van der Waals surface area contributed by atoms with E-state index in [1.165, 1.54) is 6.07 Å². The number of phenols is 2. The maximum absolute atomic E-state index is 13.4. The number of nitrogens with one attached hydrogen (secondary N) is 5. The second-order valence-electron chi connectivity index (χ2n) is 10.6. The van der Waals surface area contributed by atoms with Crippen molar-refractivity contribution in [3.8, 4) is 34.0 Å². The van der Waals surface area contributed by atoms with Crippen LogP contribution in [-0.4, -0.2) is 58.1 Å². The van der Waals surface area contributed by atoms with Crippen molar-refractivity contribution in [2.24, 2.45) is 11.5 Å². The molecule has 0 radical (unpaired) electrons. The number of primary amides is 1. The van der Waals surface area contributed by atoms with Crippen LogP contribution in [0.3, 0.4) is 0 Å². The summed E-state index contributed by atoms with van der Waals surface area (Å²) >= 11 is 0. The van der Waals surface area contributed by atoms with Crippen molar-refractivity contribution < 1.29 is 19.8 Å². The molecule has 3 aromatic carbocycles. The molecular formula is C30H36N8O4. The molecular weight excluding hydrogens is 536 g/mol. The van der Waals surface area contributed by atoms with Gasteiger partial charge in [-0.2, -0.15) is 0 Å². The van der Waals surface area contributed by atoms with Crippen LogP contribution in [0.1, 0.15) is 37.0 Å². The zero-order valence-corrected chi connectivity index (χ0v) is 23.8. The number of H-pyrrole nitrogens is 1. The molecule has 42 heavy (non-hydrogen) atoms. The topological polar surface area (TPSA) is 215 Å². The van der Waals surface area contributed by atoms with Crippen LogP contribution < -0.4 is 27.4 Å². The molecule has 4 aromatic rings. The first kappa shape index (κ1) is 29.9. The molecule has 0 aliphatic carbocycles. The molecule has 0 bridgehead atoms. The van der Waals surface area contributed by atoms with E-state index in [1.807, 2.05) is 7.05 Å². The minimum atomic E-state index is -1.04. The number of rotatable bonds is 11. The first-order valence-corrected chi connectivity index (χ1v) is 13.4. The number of phenolic OH excluding ortho intramolecular Hbond substituents is 2. The molecule has 0 atom stereocenters. The van der Waals surface area contributed by atoms with Crippen molar-refractivity contribution in [3.63, 3.8) is 0 Å². The van der Waals surface area contributed by atoms with Gasteiger partial charge in [-0.05, 0) is 87.5 Å². The summed E-state index contributed by atoms with van der Waals surface area (Å²) in [7, 11) is 1.85. The fourth-order valence-electron chi connectivity index (χ4n) is 4.60. The van der Waals surface area contributed by atoms with E-state index in [9.17, 15) is 19.8 Å². The van der Waals surface area contributed by atoms with Crippen LogP contribution in [0.15, 0.2) is 48.5 Å². The molecule has 0 spiro atoms. The molecule has 12 nitrogen and oxygen atoms in total. The number of benzene rings is 3. The van der Waals surface area contributed by atoms with Crippen molar-refractivity contribution in [1.29, 1.82) is 5.41 Å². The van der Waals surface area contributed by atoms with Crippen LogP contribution in [0, 0.1) is 5.41 Å². The van der Waals surface area contributed by atoms with Gasteiger partial charge in [-0.25, -0.2) is 9.78 Å². The van der Waals surface area contributed by atoms with Crippen molar-refractivity contribution in [3.05, 3.63) is 65.2 Å². The van der Waals surface area contributed by atoms with Crippen LogP contribution in [0.4, 0.5) is 4.79 Å². The van der Waals surface area contributed by atoms with Crippen LogP contribution in [-0.2, 0) is 16.8 Å². The number of aromatic hydroxyl groups is 2. The Morgan fingerprint density at radius 3 is 2.40 bits per heavy atom. The van der Waals surface area contributed by atoms with Gasteiger partial charge in [0.2, 0.25) is 5.91 Å². The van der Waals surface area contributed by atoms with Crippen molar-refractivity contribution in [2.75, 3.05) is 20.1 Å². The van der Waals surface area contributed by atoms with Gasteiger partial charge in [-0.1, -0.05) is 6.07 Å². The summed E-state index contributed by atoms with van der Waals surface area (Å²) < 4.78 is 0. The summed E-state index contributed by atoms with van der Waals surface area (Å²) in [6, 6.07) is 12.5. The Morgan fingerprint density at radius 1 is 0.976 bits per heavy atom. The average Bonchev–Trinajstić information content (AvgIpc) is 3.38. The van der Waals surface area contributed by atoms with E-state index in [1.54, 1.807) is 56.3 Å². The van der Waals surface area contributed by atoms with Gasteiger partial charge in [0.15, 0.2) is 0 Å². The third-order valence-electron chi connectivity index (χ3n) is 7.15. The first-order chi connectivity index (χ1) is 19.9. The normalized spacial score (nSPS) is 11.4. The zero-order valence-electron chi connectivity index (χ0n) is 23.8. The second kappa shape index (κ2) is 12.2. The van der Waals surface area contributed by atoms with E-state index in [0.717, 1.165) is 13.0 Å². The van der Waals surface area contributed by atoms with E-state index < -0.39 is 11.4 Å². The van der Waals surface area contributed by atoms with Crippen LogP contribution in [0.2, 0.25) is 0 Å². The van der Waals surface area contributed by atoms with E-state index >= 15 is 0 Å². The van der Waals surface area contributed by atoms with E-state index in [0.29, 0.717) is 51.2 Å². The Hall–Kier alpha value is -5.10. The van der Waals surface area contributed by atoms with Gasteiger partial charge in [0, 0.05) is 29.8 Å². The average molecular weight is 573 g/mol. The highest BCUT2D eigenvalue weighted by molar-refractivity contribution is 5.98. The second-order valence-corrected chi connectivity index (χ2v) is 10.6. The van der Waals surface area contributed by atoms with Crippen LogP contribution in [0.5, 0.6) is 11.5 Å². The molecule has 3 amide bonds. The van der Waals surface area contributed by atoms with E-state index in [-0.39, 0.29) is 35.4 Å². The number of imidazole rings is 1. The third-order valence-corrected chi connectivity index (χ3v) is 7.15. The van der Waals surface area contributed by atoms with E-state index in [4.69, 9.17) is 16.9 Å². The van der Waals surface area contributed by atoms with Gasteiger partial charge in [0.25, 0.3) is 0 Å². The lowest BCUT2D eigenvalue weighted by Gasteiger charge is -2.26. The van der Waals surface area contributed by atoms with Gasteiger partial charge in [0.1, 0.15) is 23.2 Å². The summed E-state index contributed by atoms with van der Waals surface area (Å²) in [6.45, 7) is 4.92. The molecule has 0 unspecified atom stereocenters. The van der Waals surface area contributed by atoms with Crippen LogP contribution >= 0.6 is 0 Å². The summed E-state index contributed by atoms with van der Waals surface area (Å²) in [4.78, 5) is 32.5. The van der Waals surface area contributed by atoms with E-state index in [2.05, 4.69) is 25.9 Å². The van der Waals surface area contributed by atoms with Crippen molar-refractivity contribution in [1.82, 2.24) is 25.9 Å². The van der Waals surface area contributed by atoms with Gasteiger partial charge >= 0.3 is 6.03 Å². The number of hydrogen-bond donors (Lipinski definition) is 9. The molecule has 1 heterocycles. The number of nitrogens with zero attached hydrogens (tertiary/aromatic N) is 1. The highest BCUT2D eigenvalue weighted by Gasteiger charge is 2.32. The molecule has 0 saturated carbocycles. The number of hydrogen-bond acceptors (Lipinski definition) is 7. The lowest BCUT2D eigenvalue weighted by molar-refractivity contribution is -0.125. The Kier molecular flexibility index (Phi) is 8.67. The Morgan fingerprint density at radius 2 is 1.71 bits per heavy atom. The summed E-state index contributed by atoms with van der Waals surface area (Å²) in [5.74, 6) is -0.265. The first-order valence-electron chi connectivity index (χ1n) is 13.4. The molecule has 0 aliphatic rings. The number of aromatic amines is 1. The fraction of sp³-hybridized carbons (Fsp3) is 0.267. The predicted octanol–water partition coefficient (Wildman–Crippen LogP) is 2.76. The zero-order chi connectivity index (χ0) is 30.6. The van der Waals surface area contributed by atoms with Gasteiger partial charge in [-0.15, -0.1) is 0 Å². The highest BCUT2D eigenvalue weighted by atomic mass is 16.3. The Bertz CT molecular complexity index is 1660. The van der Waals surface area contributed by atoms with Gasteiger partial charge in [-0.3, -0.25) is 10.2 Å². The lowest BCUT2D eigenvalue weighted by atomic mass is 9.80. The molecule has 0 aliphatic heterocycles. The molecule has 1 aromatic heterocycles. The predicted molar refractivity (Wildman–Crippen MR) is 162 cm³/mol. The SMILES string of the molecule is CNCCCNC(=O)C(C)(C)c1cc(-c2nc3ccc(C(=N)N)cc3[nH]2)c(O)c(-c2cc(CNC(N)=O)ccc2O)c1. The summed E-state index contributed by atoms with van der Waals surface area (Å²) in [6.07, 6.45) is 0.756. The maximum atomic E-state index is 13.4. The van der Waals surface area contributed by atoms with Gasteiger partial charge < -0.3 is 42.6 Å². The lowest BCUT2D eigenvalue weighted by Crippen LogP contribution is -2.41. The Labute approximate surface area is 243 Å². The molecule has 4 rings (SSSR count). The number of nitrogens with two attached hydrogens (primary N) is 2. The number of nitrogen functional groups attached to an aromatic ring is 1. The highest BCUT2D eigenvalue weighted by Crippen LogP contribution is 2.44. The fourth-order valence-corrected chi connectivity index (χ4v) is 4.60. The standard InChI is InChI=1S/C30H36N8O4/c1-30(2,28(41)35-10-4-9-34-3)18-13-20(19-11-16(5-8-24(19)39)15-36-29(33)42)25(40)21(14-18)27-37-22-7-6-17(26(31)32)12-23(22)38-27/h5-8,11-14,34,39-40H,4,9-10,15H2,1-3H3,(H3,31,32)(H,35,41)(H,37,38)(H3,33,36,42). The summed E-state index contributed by atoms with van der Waals surface area (Å²) in [5.41, 5.74) is 13.6.